The average molecular weight is 284 g/mol. The maximum Gasteiger partial charge on any atom is 0.325 e. The zero-order chi connectivity index (χ0) is 12.4. The lowest BCUT2D eigenvalue weighted by atomic mass is 9.90. The second-order valence-electron chi connectivity index (χ2n) is 4.36. The fraction of sp³-hybridized carbons (Fsp3) is 1.00. The number of rotatable bonds is 5. The molecule has 0 saturated carbocycles. The summed E-state index contributed by atoms with van der Waals surface area (Å²) in [5.74, 6) is -0.633. The van der Waals surface area contributed by atoms with Gasteiger partial charge in [-0.15, -0.1) is 0 Å². The summed E-state index contributed by atoms with van der Waals surface area (Å²) in [5.41, 5.74) is 0. The SMILES string of the molecule is CC(C)C(O)C(Br)(C(O)C(C)C)[N+](=O)[O-]. The van der Waals surface area contributed by atoms with Crippen molar-refractivity contribution in [3.8, 4) is 0 Å². The first-order chi connectivity index (χ1) is 6.65. The van der Waals surface area contributed by atoms with Crippen LogP contribution in [-0.4, -0.2) is 31.8 Å². The number of nitrogens with zero attached hydrogens (tertiary/aromatic N) is 1. The van der Waals surface area contributed by atoms with Crippen LogP contribution in [-0.2, 0) is 0 Å². The zero-order valence-corrected chi connectivity index (χ0v) is 10.9. The van der Waals surface area contributed by atoms with E-state index in [-0.39, 0.29) is 11.8 Å². The molecule has 2 atom stereocenters. The topological polar surface area (TPSA) is 83.6 Å². The standard InChI is InChI=1S/C9H18BrNO4/c1-5(2)7(12)9(10,11(14)15)8(13)6(3)4/h5-8,12-13H,1-4H3. The Hall–Kier alpha value is -0.200. The molecule has 0 aromatic carbocycles. The number of halogens is 1. The Morgan fingerprint density at radius 3 is 1.53 bits per heavy atom. The van der Waals surface area contributed by atoms with Gasteiger partial charge < -0.3 is 10.2 Å². The number of aliphatic hydroxyl groups is 2. The quantitative estimate of drug-likeness (QED) is 0.346. The normalized spacial score (nSPS) is 20.1. The summed E-state index contributed by atoms with van der Waals surface area (Å²) < 4.78 is -1.89. The zero-order valence-electron chi connectivity index (χ0n) is 9.35. The van der Waals surface area contributed by atoms with Crippen LogP contribution >= 0.6 is 15.9 Å². The van der Waals surface area contributed by atoms with Gasteiger partial charge in [0, 0.05) is 20.9 Å². The van der Waals surface area contributed by atoms with Gasteiger partial charge in [-0.3, -0.25) is 10.1 Å². The molecule has 2 unspecified atom stereocenters. The Labute approximate surface area is 97.8 Å². The molecule has 0 aliphatic heterocycles. The van der Waals surface area contributed by atoms with E-state index in [1.165, 1.54) is 0 Å². The minimum Gasteiger partial charge on any atom is -0.384 e. The summed E-state index contributed by atoms with van der Waals surface area (Å²) >= 11 is 2.88. The van der Waals surface area contributed by atoms with Crippen LogP contribution in [0.3, 0.4) is 0 Å². The molecule has 2 N–H and O–H groups in total. The Kier molecular flexibility index (Phi) is 5.16. The van der Waals surface area contributed by atoms with Crippen LogP contribution in [0.5, 0.6) is 0 Å². The average Bonchev–Trinajstić information content (AvgIpc) is 2.13. The molecular formula is C9H18BrNO4. The van der Waals surface area contributed by atoms with Gasteiger partial charge in [0.15, 0.2) is 0 Å². The van der Waals surface area contributed by atoms with Crippen LogP contribution in [0, 0.1) is 22.0 Å². The van der Waals surface area contributed by atoms with E-state index in [1.807, 2.05) is 0 Å². The van der Waals surface area contributed by atoms with E-state index in [0.717, 1.165) is 0 Å². The highest BCUT2D eigenvalue weighted by atomic mass is 79.9. The number of nitro groups is 1. The van der Waals surface area contributed by atoms with Gasteiger partial charge in [-0.2, -0.15) is 0 Å². The summed E-state index contributed by atoms with van der Waals surface area (Å²) in [7, 11) is 0. The van der Waals surface area contributed by atoms with Gasteiger partial charge in [0.25, 0.3) is 0 Å². The van der Waals surface area contributed by atoms with E-state index in [4.69, 9.17) is 0 Å². The lowest BCUT2D eigenvalue weighted by Gasteiger charge is -2.32. The molecule has 0 fully saturated rings. The molecule has 90 valence electrons. The van der Waals surface area contributed by atoms with Crippen molar-refractivity contribution < 1.29 is 15.1 Å². The fourth-order valence-corrected chi connectivity index (χ4v) is 2.38. The van der Waals surface area contributed by atoms with Crippen molar-refractivity contribution in [1.29, 1.82) is 0 Å². The first-order valence-corrected chi connectivity index (χ1v) is 5.64. The van der Waals surface area contributed by atoms with Crippen molar-refractivity contribution in [1.82, 2.24) is 0 Å². The maximum atomic E-state index is 11.0. The molecule has 15 heavy (non-hydrogen) atoms. The largest absolute Gasteiger partial charge is 0.384 e. The molecule has 0 bridgehead atoms. The van der Waals surface area contributed by atoms with Gasteiger partial charge in [-0.1, -0.05) is 27.7 Å². The minimum absolute atomic E-state index is 0.317. The number of hydrogen-bond acceptors (Lipinski definition) is 4. The van der Waals surface area contributed by atoms with E-state index < -0.39 is 21.6 Å². The highest BCUT2D eigenvalue weighted by Gasteiger charge is 2.56. The maximum absolute atomic E-state index is 11.0. The Morgan fingerprint density at radius 2 is 1.40 bits per heavy atom. The van der Waals surface area contributed by atoms with Gasteiger partial charge in [0.2, 0.25) is 0 Å². The molecule has 0 amide bonds. The molecular weight excluding hydrogens is 266 g/mol. The van der Waals surface area contributed by atoms with Crippen LogP contribution in [0.4, 0.5) is 0 Å². The Bertz CT molecular complexity index is 218. The van der Waals surface area contributed by atoms with E-state index in [1.54, 1.807) is 27.7 Å². The second-order valence-corrected chi connectivity index (χ2v) is 5.63. The van der Waals surface area contributed by atoms with Crippen LogP contribution in [0.1, 0.15) is 27.7 Å². The molecule has 0 aliphatic carbocycles. The van der Waals surface area contributed by atoms with Crippen molar-refractivity contribution >= 4 is 15.9 Å². The Balaban J connectivity index is 5.15. The van der Waals surface area contributed by atoms with E-state index in [0.29, 0.717) is 0 Å². The van der Waals surface area contributed by atoms with Crippen molar-refractivity contribution in [3.05, 3.63) is 10.1 Å². The number of aliphatic hydroxyl groups excluding tert-OH is 2. The summed E-state index contributed by atoms with van der Waals surface area (Å²) in [6, 6.07) is 0. The predicted octanol–water partition coefficient (Wildman–Crippen LogP) is 1.39. The molecule has 0 radical (unpaired) electrons. The predicted molar refractivity (Wildman–Crippen MR) is 60.3 cm³/mol. The highest BCUT2D eigenvalue weighted by Crippen LogP contribution is 2.34. The second kappa shape index (κ2) is 5.23. The summed E-state index contributed by atoms with van der Waals surface area (Å²) in [5, 5.41) is 30.5. The smallest absolute Gasteiger partial charge is 0.325 e. The van der Waals surface area contributed by atoms with Gasteiger partial charge in [-0.25, -0.2) is 0 Å². The van der Waals surface area contributed by atoms with Crippen molar-refractivity contribution in [2.24, 2.45) is 11.8 Å². The first kappa shape index (κ1) is 14.8. The van der Waals surface area contributed by atoms with Gasteiger partial charge >= 0.3 is 4.45 Å². The molecule has 0 rings (SSSR count). The third kappa shape index (κ3) is 2.89. The third-order valence-corrected chi connectivity index (χ3v) is 3.60. The fourth-order valence-electron chi connectivity index (χ4n) is 1.33. The molecule has 0 aliphatic rings. The van der Waals surface area contributed by atoms with Crippen LogP contribution in [0.2, 0.25) is 0 Å². The van der Waals surface area contributed by atoms with E-state index in [2.05, 4.69) is 15.9 Å². The minimum atomic E-state index is -1.89. The van der Waals surface area contributed by atoms with Crippen molar-refractivity contribution in [2.45, 2.75) is 44.4 Å². The molecule has 5 nitrogen and oxygen atoms in total. The third-order valence-electron chi connectivity index (χ3n) is 2.37. The van der Waals surface area contributed by atoms with Crippen molar-refractivity contribution in [2.75, 3.05) is 0 Å². The number of hydrogen-bond donors (Lipinski definition) is 2. The summed E-state index contributed by atoms with van der Waals surface area (Å²) in [4.78, 5) is 10.3. The first-order valence-electron chi connectivity index (χ1n) is 4.85. The molecule has 0 heterocycles. The summed E-state index contributed by atoms with van der Waals surface area (Å²) in [6.45, 7) is 6.66. The van der Waals surface area contributed by atoms with E-state index in [9.17, 15) is 20.3 Å². The van der Waals surface area contributed by atoms with Crippen LogP contribution in [0.15, 0.2) is 0 Å². The highest BCUT2D eigenvalue weighted by molar-refractivity contribution is 9.10. The van der Waals surface area contributed by atoms with Crippen LogP contribution < -0.4 is 0 Å². The summed E-state index contributed by atoms with van der Waals surface area (Å²) in [6.07, 6.45) is -2.49. The monoisotopic (exact) mass is 283 g/mol. The lowest BCUT2D eigenvalue weighted by Crippen LogP contribution is -2.56. The van der Waals surface area contributed by atoms with Crippen molar-refractivity contribution in [3.63, 3.8) is 0 Å². The lowest BCUT2D eigenvalue weighted by molar-refractivity contribution is -0.563. The molecule has 6 heteroatoms. The molecule has 0 aromatic heterocycles. The van der Waals surface area contributed by atoms with Gasteiger partial charge in [-0.05, 0) is 11.8 Å². The van der Waals surface area contributed by atoms with Gasteiger partial charge in [0.1, 0.15) is 12.2 Å². The van der Waals surface area contributed by atoms with E-state index >= 15 is 0 Å². The van der Waals surface area contributed by atoms with Crippen LogP contribution in [0.25, 0.3) is 0 Å². The Morgan fingerprint density at radius 1 is 1.13 bits per heavy atom. The number of alkyl halides is 1. The molecule has 0 spiro atoms. The van der Waals surface area contributed by atoms with Gasteiger partial charge in [0.05, 0.1) is 0 Å². The molecule has 0 saturated heterocycles. The molecule has 0 aromatic rings.